The van der Waals surface area contributed by atoms with Gasteiger partial charge in [-0.2, -0.15) is 0 Å². The molecule has 2 N–H and O–H groups in total. The first-order valence-corrected chi connectivity index (χ1v) is 4.61. The molecule has 0 aromatic heterocycles. The van der Waals surface area contributed by atoms with E-state index in [2.05, 4.69) is 0 Å². The molecule has 0 aliphatic rings. The number of carbonyl (C=O) groups is 1. The van der Waals surface area contributed by atoms with Gasteiger partial charge in [0.1, 0.15) is 11.5 Å². The minimum absolute atomic E-state index is 0.184. The quantitative estimate of drug-likeness (QED) is 0.800. The Morgan fingerprint density at radius 2 is 1.94 bits per heavy atom. The van der Waals surface area contributed by atoms with E-state index in [0.29, 0.717) is 5.75 Å². The fourth-order valence-electron chi connectivity index (χ4n) is 1.32. The number of hydrogen-bond acceptors (Lipinski definition) is 4. The van der Waals surface area contributed by atoms with Gasteiger partial charge in [0.2, 0.25) is 0 Å². The van der Waals surface area contributed by atoms with Gasteiger partial charge in [0, 0.05) is 11.6 Å². The highest BCUT2D eigenvalue weighted by molar-refractivity contribution is 5.79. The summed E-state index contributed by atoms with van der Waals surface area (Å²) in [5, 5.41) is 18.7. The smallest absolute Gasteiger partial charge is 0.340 e. The van der Waals surface area contributed by atoms with Crippen molar-refractivity contribution in [2.75, 3.05) is 14.2 Å². The van der Waals surface area contributed by atoms with E-state index in [1.807, 2.05) is 0 Å². The van der Waals surface area contributed by atoms with Crippen LogP contribution in [0, 0.1) is 0 Å². The molecule has 5 nitrogen and oxygen atoms in total. The molecular formula is C11H14O5. The van der Waals surface area contributed by atoms with Crippen LogP contribution in [0.4, 0.5) is 0 Å². The molecule has 1 atom stereocenters. The zero-order valence-electron chi connectivity index (χ0n) is 9.35. The van der Waals surface area contributed by atoms with E-state index in [9.17, 15) is 9.90 Å². The third-order valence-corrected chi connectivity index (χ3v) is 2.35. The van der Waals surface area contributed by atoms with E-state index in [4.69, 9.17) is 14.6 Å². The van der Waals surface area contributed by atoms with E-state index < -0.39 is 11.6 Å². The van der Waals surface area contributed by atoms with Gasteiger partial charge in [-0.15, -0.1) is 0 Å². The van der Waals surface area contributed by atoms with Gasteiger partial charge in [0.15, 0.2) is 5.60 Å². The standard InChI is InChI=1S/C11H14O5/c1-11(14,10(12)13)8-5-4-7(15-2)6-9(8)16-3/h4-6,14H,1-3H3,(H,12,13). The van der Waals surface area contributed by atoms with Crippen LogP contribution in [0.1, 0.15) is 12.5 Å². The summed E-state index contributed by atoms with van der Waals surface area (Å²) in [6.07, 6.45) is 0. The van der Waals surface area contributed by atoms with Crippen molar-refractivity contribution in [1.82, 2.24) is 0 Å². The topological polar surface area (TPSA) is 76.0 Å². The fourth-order valence-corrected chi connectivity index (χ4v) is 1.32. The summed E-state index contributed by atoms with van der Waals surface area (Å²) < 4.78 is 10.00. The zero-order chi connectivity index (χ0) is 12.3. The molecule has 0 saturated heterocycles. The molecule has 0 radical (unpaired) electrons. The minimum Gasteiger partial charge on any atom is -0.497 e. The van der Waals surface area contributed by atoms with E-state index in [0.717, 1.165) is 0 Å². The van der Waals surface area contributed by atoms with Crippen molar-refractivity contribution in [3.8, 4) is 11.5 Å². The Labute approximate surface area is 93.2 Å². The molecule has 1 rings (SSSR count). The predicted octanol–water partition coefficient (Wildman–Crippen LogP) is 0.996. The molecule has 0 amide bonds. The molecule has 16 heavy (non-hydrogen) atoms. The van der Waals surface area contributed by atoms with Gasteiger partial charge in [0.25, 0.3) is 0 Å². The molecule has 0 aliphatic carbocycles. The Kier molecular flexibility index (Phi) is 3.39. The second-order valence-electron chi connectivity index (χ2n) is 3.44. The molecule has 0 heterocycles. The van der Waals surface area contributed by atoms with Gasteiger partial charge in [-0.05, 0) is 19.1 Å². The second kappa shape index (κ2) is 4.40. The largest absolute Gasteiger partial charge is 0.497 e. The summed E-state index contributed by atoms with van der Waals surface area (Å²) in [6, 6.07) is 4.55. The van der Waals surface area contributed by atoms with Gasteiger partial charge in [-0.3, -0.25) is 0 Å². The van der Waals surface area contributed by atoms with E-state index in [1.165, 1.54) is 33.3 Å². The number of benzene rings is 1. The summed E-state index contributed by atoms with van der Waals surface area (Å²) in [5.74, 6) is -0.537. The Hall–Kier alpha value is -1.75. The SMILES string of the molecule is COc1ccc(C(C)(O)C(=O)O)c(OC)c1. The number of rotatable bonds is 4. The maximum Gasteiger partial charge on any atom is 0.340 e. The highest BCUT2D eigenvalue weighted by Gasteiger charge is 2.35. The van der Waals surface area contributed by atoms with Gasteiger partial charge >= 0.3 is 5.97 Å². The lowest BCUT2D eigenvalue weighted by molar-refractivity contribution is -0.157. The first kappa shape index (κ1) is 12.3. The Morgan fingerprint density at radius 3 is 2.38 bits per heavy atom. The van der Waals surface area contributed by atoms with Gasteiger partial charge < -0.3 is 19.7 Å². The first-order valence-electron chi connectivity index (χ1n) is 4.61. The molecule has 0 aliphatic heterocycles. The third-order valence-electron chi connectivity index (χ3n) is 2.35. The molecule has 0 bridgehead atoms. The van der Waals surface area contributed by atoms with Gasteiger partial charge in [-0.25, -0.2) is 4.79 Å². The average molecular weight is 226 g/mol. The van der Waals surface area contributed by atoms with Crippen LogP contribution < -0.4 is 9.47 Å². The molecule has 1 aromatic rings. The van der Waals surface area contributed by atoms with Crippen LogP contribution in [0.3, 0.4) is 0 Å². The van der Waals surface area contributed by atoms with Crippen molar-refractivity contribution < 1.29 is 24.5 Å². The number of aliphatic carboxylic acids is 1. The van der Waals surface area contributed by atoms with Crippen molar-refractivity contribution in [2.24, 2.45) is 0 Å². The van der Waals surface area contributed by atoms with E-state index in [1.54, 1.807) is 6.07 Å². The van der Waals surface area contributed by atoms with Crippen molar-refractivity contribution in [2.45, 2.75) is 12.5 Å². The monoisotopic (exact) mass is 226 g/mol. The number of carboxylic acids is 1. The van der Waals surface area contributed by atoms with Crippen LogP contribution in [-0.4, -0.2) is 30.4 Å². The fraction of sp³-hybridized carbons (Fsp3) is 0.364. The summed E-state index contributed by atoms with van der Waals surface area (Å²) in [4.78, 5) is 10.9. The number of ether oxygens (including phenoxy) is 2. The van der Waals surface area contributed by atoms with Gasteiger partial charge in [-0.1, -0.05) is 0 Å². The van der Waals surface area contributed by atoms with Crippen molar-refractivity contribution in [3.05, 3.63) is 23.8 Å². The Balaban J connectivity index is 3.28. The zero-order valence-corrected chi connectivity index (χ0v) is 9.35. The Morgan fingerprint density at radius 1 is 1.31 bits per heavy atom. The molecule has 1 unspecified atom stereocenters. The van der Waals surface area contributed by atoms with Crippen LogP contribution in [0.25, 0.3) is 0 Å². The van der Waals surface area contributed by atoms with Crippen LogP contribution >= 0.6 is 0 Å². The molecule has 1 aromatic carbocycles. The summed E-state index contributed by atoms with van der Waals surface area (Å²) in [5.41, 5.74) is -1.80. The Bertz CT molecular complexity index is 397. The summed E-state index contributed by atoms with van der Waals surface area (Å²) >= 11 is 0. The molecule has 0 fully saturated rings. The normalized spacial score (nSPS) is 14.0. The molecule has 5 heteroatoms. The minimum atomic E-state index is -1.99. The van der Waals surface area contributed by atoms with Crippen LogP contribution in [0.2, 0.25) is 0 Å². The number of aliphatic hydroxyl groups is 1. The molecule has 0 spiro atoms. The number of hydrogen-bond donors (Lipinski definition) is 2. The second-order valence-corrected chi connectivity index (χ2v) is 3.44. The van der Waals surface area contributed by atoms with Gasteiger partial charge in [0.05, 0.1) is 14.2 Å². The van der Waals surface area contributed by atoms with Crippen LogP contribution in [0.15, 0.2) is 18.2 Å². The average Bonchev–Trinajstić information content (AvgIpc) is 2.27. The van der Waals surface area contributed by atoms with E-state index >= 15 is 0 Å². The lowest BCUT2D eigenvalue weighted by atomic mass is 9.95. The van der Waals surface area contributed by atoms with Crippen molar-refractivity contribution >= 4 is 5.97 Å². The maximum absolute atomic E-state index is 10.9. The first-order chi connectivity index (χ1) is 7.43. The number of methoxy groups -OCH3 is 2. The van der Waals surface area contributed by atoms with Crippen molar-refractivity contribution in [3.63, 3.8) is 0 Å². The van der Waals surface area contributed by atoms with Crippen LogP contribution in [-0.2, 0) is 10.4 Å². The van der Waals surface area contributed by atoms with E-state index in [-0.39, 0.29) is 11.3 Å². The highest BCUT2D eigenvalue weighted by atomic mass is 16.5. The summed E-state index contributed by atoms with van der Waals surface area (Å²) in [7, 11) is 2.89. The highest BCUT2D eigenvalue weighted by Crippen LogP contribution is 2.33. The lowest BCUT2D eigenvalue weighted by Gasteiger charge is -2.21. The third kappa shape index (κ3) is 2.09. The number of carboxylic acid groups (broad SMARTS) is 1. The molecule has 0 saturated carbocycles. The molecule has 88 valence electrons. The van der Waals surface area contributed by atoms with Crippen molar-refractivity contribution in [1.29, 1.82) is 0 Å². The maximum atomic E-state index is 10.9. The summed E-state index contributed by atoms with van der Waals surface area (Å²) in [6.45, 7) is 1.19. The molecular weight excluding hydrogens is 212 g/mol. The van der Waals surface area contributed by atoms with Crippen LogP contribution in [0.5, 0.6) is 11.5 Å². The predicted molar refractivity (Wildman–Crippen MR) is 56.8 cm³/mol. The lowest BCUT2D eigenvalue weighted by Crippen LogP contribution is -2.32.